The van der Waals surface area contributed by atoms with Crippen LogP contribution in [0.25, 0.3) is 0 Å². The van der Waals surface area contributed by atoms with Gasteiger partial charge in [0.2, 0.25) is 0 Å². The van der Waals surface area contributed by atoms with E-state index in [1.54, 1.807) is 0 Å². The van der Waals surface area contributed by atoms with Crippen molar-refractivity contribution in [1.29, 1.82) is 0 Å². The fourth-order valence-corrected chi connectivity index (χ4v) is 1.71. The molecule has 0 amide bonds. The number of carbonyl (C=O) groups is 1. The van der Waals surface area contributed by atoms with Crippen molar-refractivity contribution in [3.8, 4) is 0 Å². The van der Waals surface area contributed by atoms with Crippen LogP contribution in [0, 0.1) is 11.8 Å². The standard InChI is InChI=1S/C8H16O2.C8H18/c1-3-5-6-7(4-2)8(9)10;1-4-6-7-8(3)5-2/h7H,3-6H2,1-2H3,(H,9,10);8H,4-7H2,1-3H3. The summed E-state index contributed by atoms with van der Waals surface area (Å²) in [5.74, 6) is 0.200. The zero-order valence-corrected chi connectivity index (χ0v) is 13.2. The fraction of sp³-hybridized carbons (Fsp3) is 0.938. The van der Waals surface area contributed by atoms with E-state index >= 15 is 0 Å². The summed E-state index contributed by atoms with van der Waals surface area (Å²) in [7, 11) is 0. The number of carboxylic acids is 1. The Morgan fingerprint density at radius 3 is 1.78 bits per heavy atom. The van der Waals surface area contributed by atoms with Gasteiger partial charge in [0.1, 0.15) is 0 Å². The second-order valence-corrected chi connectivity index (χ2v) is 5.24. The van der Waals surface area contributed by atoms with Crippen molar-refractivity contribution in [1.82, 2.24) is 0 Å². The molecule has 2 nitrogen and oxygen atoms in total. The van der Waals surface area contributed by atoms with Crippen LogP contribution in [-0.2, 0) is 4.79 Å². The Kier molecular flexibility index (Phi) is 16.0. The molecule has 0 saturated heterocycles. The summed E-state index contributed by atoms with van der Waals surface area (Å²) in [6.07, 6.45) is 9.25. The monoisotopic (exact) mass is 258 g/mol. The molecular weight excluding hydrogens is 224 g/mol. The molecule has 0 aromatic rings. The van der Waals surface area contributed by atoms with E-state index < -0.39 is 5.97 Å². The maximum Gasteiger partial charge on any atom is 0.306 e. The highest BCUT2D eigenvalue weighted by atomic mass is 16.4. The number of aliphatic carboxylic acids is 1. The molecule has 0 fully saturated rings. The van der Waals surface area contributed by atoms with Gasteiger partial charge in [0.25, 0.3) is 0 Å². The molecule has 0 aromatic heterocycles. The lowest BCUT2D eigenvalue weighted by Gasteiger charge is -2.06. The molecule has 1 N–H and O–H groups in total. The predicted octanol–water partition coefficient (Wildman–Crippen LogP) is 5.51. The van der Waals surface area contributed by atoms with Gasteiger partial charge in [-0.05, 0) is 18.8 Å². The van der Waals surface area contributed by atoms with Crippen molar-refractivity contribution in [3.05, 3.63) is 0 Å². The van der Waals surface area contributed by atoms with Crippen LogP contribution in [0.4, 0.5) is 0 Å². The minimum absolute atomic E-state index is 0.111. The second kappa shape index (κ2) is 14.5. The highest BCUT2D eigenvalue weighted by Crippen LogP contribution is 2.12. The molecule has 0 rings (SSSR count). The SMILES string of the molecule is CCCCC(C)CC.CCCCC(CC)C(=O)O. The van der Waals surface area contributed by atoms with Gasteiger partial charge in [-0.1, -0.05) is 73.1 Å². The predicted molar refractivity (Wildman–Crippen MR) is 79.9 cm³/mol. The molecule has 0 saturated carbocycles. The topological polar surface area (TPSA) is 37.3 Å². The molecule has 0 radical (unpaired) electrons. The lowest BCUT2D eigenvalue weighted by molar-refractivity contribution is -0.142. The molecule has 0 aliphatic heterocycles. The third kappa shape index (κ3) is 13.5. The first kappa shape index (κ1) is 19.8. The Morgan fingerprint density at radius 1 is 0.944 bits per heavy atom. The van der Waals surface area contributed by atoms with Crippen LogP contribution in [0.1, 0.15) is 86.0 Å². The number of hydrogen-bond donors (Lipinski definition) is 1. The number of carboxylic acid groups (broad SMARTS) is 1. The van der Waals surface area contributed by atoms with Crippen molar-refractivity contribution in [2.75, 3.05) is 0 Å². The van der Waals surface area contributed by atoms with Crippen molar-refractivity contribution < 1.29 is 9.90 Å². The zero-order valence-electron chi connectivity index (χ0n) is 13.2. The third-order valence-corrected chi connectivity index (χ3v) is 3.50. The molecule has 2 heteroatoms. The maximum absolute atomic E-state index is 10.4. The van der Waals surface area contributed by atoms with Crippen molar-refractivity contribution in [3.63, 3.8) is 0 Å². The van der Waals surface area contributed by atoms with E-state index in [0.29, 0.717) is 0 Å². The highest BCUT2D eigenvalue weighted by molar-refractivity contribution is 5.69. The molecule has 110 valence electrons. The molecule has 2 unspecified atom stereocenters. The molecule has 0 spiro atoms. The van der Waals surface area contributed by atoms with Gasteiger partial charge in [-0.25, -0.2) is 0 Å². The van der Waals surface area contributed by atoms with Gasteiger partial charge in [-0.15, -0.1) is 0 Å². The molecule has 0 aliphatic carbocycles. The van der Waals surface area contributed by atoms with E-state index in [4.69, 9.17) is 5.11 Å². The first-order chi connectivity index (χ1) is 8.53. The van der Waals surface area contributed by atoms with E-state index in [9.17, 15) is 4.79 Å². The molecule has 0 heterocycles. The van der Waals surface area contributed by atoms with E-state index in [1.807, 2.05) is 6.92 Å². The highest BCUT2D eigenvalue weighted by Gasteiger charge is 2.12. The lowest BCUT2D eigenvalue weighted by Crippen LogP contribution is -2.11. The number of hydrogen-bond acceptors (Lipinski definition) is 1. The summed E-state index contributed by atoms with van der Waals surface area (Å²) >= 11 is 0. The van der Waals surface area contributed by atoms with Gasteiger partial charge in [0, 0.05) is 0 Å². The van der Waals surface area contributed by atoms with E-state index in [1.165, 1.54) is 25.7 Å². The van der Waals surface area contributed by atoms with Gasteiger partial charge in [-0.3, -0.25) is 4.79 Å². The minimum Gasteiger partial charge on any atom is -0.481 e. The first-order valence-corrected chi connectivity index (χ1v) is 7.76. The van der Waals surface area contributed by atoms with Crippen LogP contribution in [-0.4, -0.2) is 11.1 Å². The average Bonchev–Trinajstić information content (AvgIpc) is 2.37. The van der Waals surface area contributed by atoms with Crippen molar-refractivity contribution >= 4 is 5.97 Å². The Hall–Kier alpha value is -0.530. The van der Waals surface area contributed by atoms with E-state index in [-0.39, 0.29) is 5.92 Å². The molecular formula is C16H34O2. The zero-order chi connectivity index (χ0) is 14.4. The average molecular weight is 258 g/mol. The Balaban J connectivity index is 0. The largest absolute Gasteiger partial charge is 0.481 e. The summed E-state index contributed by atoms with van der Waals surface area (Å²) < 4.78 is 0. The van der Waals surface area contributed by atoms with Crippen molar-refractivity contribution in [2.24, 2.45) is 11.8 Å². The van der Waals surface area contributed by atoms with Crippen LogP contribution in [0.2, 0.25) is 0 Å². The lowest BCUT2D eigenvalue weighted by atomic mass is 10.00. The summed E-state index contributed by atoms with van der Waals surface area (Å²) in [4.78, 5) is 10.4. The van der Waals surface area contributed by atoms with Gasteiger partial charge in [0.15, 0.2) is 0 Å². The fourth-order valence-electron chi connectivity index (χ4n) is 1.71. The summed E-state index contributed by atoms with van der Waals surface area (Å²) in [6.45, 7) is 10.8. The normalized spacial score (nSPS) is 13.4. The first-order valence-electron chi connectivity index (χ1n) is 7.76. The maximum atomic E-state index is 10.4. The second-order valence-electron chi connectivity index (χ2n) is 5.24. The van der Waals surface area contributed by atoms with Crippen LogP contribution < -0.4 is 0 Å². The van der Waals surface area contributed by atoms with Crippen LogP contribution in [0.5, 0.6) is 0 Å². The summed E-state index contributed by atoms with van der Waals surface area (Å²) in [6, 6.07) is 0. The van der Waals surface area contributed by atoms with Gasteiger partial charge in [-0.2, -0.15) is 0 Å². The Morgan fingerprint density at radius 2 is 1.44 bits per heavy atom. The van der Waals surface area contributed by atoms with Gasteiger partial charge >= 0.3 is 5.97 Å². The molecule has 2 atom stereocenters. The number of unbranched alkanes of at least 4 members (excludes halogenated alkanes) is 2. The van der Waals surface area contributed by atoms with E-state index in [2.05, 4.69) is 27.7 Å². The molecule has 18 heavy (non-hydrogen) atoms. The third-order valence-electron chi connectivity index (χ3n) is 3.50. The Labute approximate surface area is 114 Å². The van der Waals surface area contributed by atoms with Crippen LogP contribution in [0.15, 0.2) is 0 Å². The smallest absolute Gasteiger partial charge is 0.306 e. The molecule has 0 bridgehead atoms. The minimum atomic E-state index is -0.643. The molecule has 0 aromatic carbocycles. The van der Waals surface area contributed by atoms with E-state index in [0.717, 1.165) is 31.6 Å². The van der Waals surface area contributed by atoms with Crippen LogP contribution in [0.3, 0.4) is 0 Å². The summed E-state index contributed by atoms with van der Waals surface area (Å²) in [5.41, 5.74) is 0. The summed E-state index contributed by atoms with van der Waals surface area (Å²) in [5, 5.41) is 8.60. The van der Waals surface area contributed by atoms with Crippen molar-refractivity contribution in [2.45, 2.75) is 86.0 Å². The van der Waals surface area contributed by atoms with Gasteiger partial charge < -0.3 is 5.11 Å². The van der Waals surface area contributed by atoms with Crippen LogP contribution >= 0.6 is 0 Å². The Bertz CT molecular complexity index is 178. The molecule has 0 aliphatic rings. The van der Waals surface area contributed by atoms with Gasteiger partial charge in [0.05, 0.1) is 5.92 Å². The quantitative estimate of drug-likeness (QED) is 0.592. The number of rotatable bonds is 9.